The fourth-order valence-corrected chi connectivity index (χ4v) is 1.90. The standard InChI is InChI=1S/C14H13N5O2/c1-7-3-5-9(6-4-7)19-13-11(18-14(19)21)10(12(15)20)16-8(2)17-13/h3-6H,1-2H3,(H2,15,20)(H,18,21)/i1D3,3D,4D,5D,6D. The van der Waals surface area contributed by atoms with Crippen LogP contribution in [0, 0.1) is 13.8 Å². The van der Waals surface area contributed by atoms with Gasteiger partial charge in [0.1, 0.15) is 11.3 Å². The van der Waals surface area contributed by atoms with Crippen molar-refractivity contribution in [2.24, 2.45) is 5.73 Å². The number of aryl methyl sites for hydroxylation is 1. The highest BCUT2D eigenvalue weighted by Gasteiger charge is 2.18. The number of fused-ring (bicyclic) bond motifs is 1. The van der Waals surface area contributed by atoms with E-state index in [1.54, 1.807) is 0 Å². The number of amides is 1. The molecule has 7 nitrogen and oxygen atoms in total. The molecule has 0 saturated carbocycles. The lowest BCUT2D eigenvalue weighted by molar-refractivity contribution is 0.0997. The summed E-state index contributed by atoms with van der Waals surface area (Å²) in [7, 11) is 0. The zero-order valence-corrected chi connectivity index (χ0v) is 10.7. The summed E-state index contributed by atoms with van der Waals surface area (Å²) in [5.74, 6) is -0.871. The van der Waals surface area contributed by atoms with Crippen molar-refractivity contribution in [1.29, 1.82) is 0 Å². The van der Waals surface area contributed by atoms with Gasteiger partial charge >= 0.3 is 5.69 Å². The van der Waals surface area contributed by atoms with Crippen molar-refractivity contribution in [3.63, 3.8) is 0 Å². The van der Waals surface area contributed by atoms with Crippen molar-refractivity contribution >= 4 is 17.1 Å². The van der Waals surface area contributed by atoms with Gasteiger partial charge in [-0.2, -0.15) is 0 Å². The van der Waals surface area contributed by atoms with Crippen molar-refractivity contribution < 1.29 is 14.4 Å². The fourth-order valence-electron chi connectivity index (χ4n) is 1.90. The Kier molecular flexibility index (Phi) is 1.55. The highest BCUT2D eigenvalue weighted by molar-refractivity contribution is 6.01. The molecule has 0 aliphatic rings. The molecule has 7 heteroatoms. The second kappa shape index (κ2) is 4.55. The molecule has 0 aliphatic carbocycles. The maximum Gasteiger partial charge on any atom is 0.332 e. The Bertz CT molecular complexity index is 1180. The summed E-state index contributed by atoms with van der Waals surface area (Å²) in [6, 6.07) is -3.10. The van der Waals surface area contributed by atoms with Crippen molar-refractivity contribution in [2.75, 3.05) is 0 Å². The Morgan fingerprint density at radius 2 is 2.10 bits per heavy atom. The molecule has 2 heterocycles. The monoisotopic (exact) mass is 290 g/mol. The lowest BCUT2D eigenvalue weighted by Gasteiger charge is -2.04. The summed E-state index contributed by atoms with van der Waals surface area (Å²) < 4.78 is 55.3. The molecular weight excluding hydrogens is 270 g/mol. The quantitative estimate of drug-likeness (QED) is 0.728. The van der Waals surface area contributed by atoms with E-state index in [1.165, 1.54) is 6.92 Å². The van der Waals surface area contributed by atoms with Gasteiger partial charge in [-0.1, -0.05) is 17.6 Å². The number of aromatic nitrogens is 4. The van der Waals surface area contributed by atoms with E-state index in [2.05, 4.69) is 15.0 Å². The van der Waals surface area contributed by atoms with Crippen LogP contribution in [0.3, 0.4) is 0 Å². The van der Waals surface area contributed by atoms with Crippen LogP contribution in [0.4, 0.5) is 0 Å². The number of benzene rings is 1. The molecule has 0 atom stereocenters. The van der Waals surface area contributed by atoms with Crippen LogP contribution in [-0.2, 0) is 0 Å². The molecule has 0 radical (unpaired) electrons. The zero-order chi connectivity index (χ0) is 21.1. The topological polar surface area (TPSA) is 107 Å². The van der Waals surface area contributed by atoms with Gasteiger partial charge < -0.3 is 10.7 Å². The van der Waals surface area contributed by atoms with E-state index in [4.69, 9.17) is 15.3 Å². The molecule has 0 aliphatic heterocycles. The number of imidazole rings is 1. The number of aromatic amines is 1. The third-order valence-electron chi connectivity index (χ3n) is 2.72. The first-order chi connectivity index (χ1) is 12.9. The fraction of sp³-hybridized carbons (Fsp3) is 0.143. The third-order valence-corrected chi connectivity index (χ3v) is 2.72. The number of H-pyrrole nitrogens is 1. The van der Waals surface area contributed by atoms with Crippen molar-refractivity contribution in [1.82, 2.24) is 19.5 Å². The number of nitrogens with two attached hydrogens (primary N) is 1. The molecular formula is C14H13N5O2. The predicted molar refractivity (Wildman–Crippen MR) is 77.5 cm³/mol. The van der Waals surface area contributed by atoms with Gasteiger partial charge in [-0.3, -0.25) is 4.79 Å². The molecule has 0 saturated heterocycles. The number of hydrogen-bond donors (Lipinski definition) is 2. The van der Waals surface area contributed by atoms with Gasteiger partial charge in [0.2, 0.25) is 0 Å². The maximum absolute atomic E-state index is 12.5. The Balaban J connectivity index is 2.50. The zero-order valence-electron chi connectivity index (χ0n) is 17.7. The predicted octanol–water partition coefficient (Wildman–Crippen LogP) is 0.825. The molecule has 0 bridgehead atoms. The summed E-state index contributed by atoms with van der Waals surface area (Å²) in [5.41, 5.74) is 2.47. The second-order valence-electron chi connectivity index (χ2n) is 4.17. The van der Waals surface area contributed by atoms with Gasteiger partial charge in [0, 0.05) is 4.11 Å². The van der Waals surface area contributed by atoms with E-state index in [1.807, 2.05) is 0 Å². The molecule has 21 heavy (non-hydrogen) atoms. The van der Waals surface area contributed by atoms with Crippen molar-refractivity contribution in [3.05, 3.63) is 51.7 Å². The molecule has 3 rings (SSSR count). The Hall–Kier alpha value is -2.96. The molecule has 3 N–H and O–H groups in total. The number of rotatable bonds is 2. The summed E-state index contributed by atoms with van der Waals surface area (Å²) in [5, 5.41) is 0. The van der Waals surface area contributed by atoms with Gasteiger partial charge in [0.15, 0.2) is 11.3 Å². The molecule has 0 unspecified atom stereocenters. The summed E-state index contributed by atoms with van der Waals surface area (Å²) in [6.45, 7) is -1.46. The molecule has 3 aromatic rings. The van der Waals surface area contributed by atoms with E-state index >= 15 is 0 Å². The lowest BCUT2D eigenvalue weighted by atomic mass is 10.2. The largest absolute Gasteiger partial charge is 0.364 e. The van der Waals surface area contributed by atoms with E-state index in [0.29, 0.717) is 0 Å². The minimum atomic E-state index is -2.89. The number of nitrogens with one attached hydrogen (secondary N) is 1. The first-order valence-electron chi connectivity index (χ1n) is 9.26. The normalized spacial score (nSPS) is 16.3. The lowest BCUT2D eigenvalue weighted by Crippen LogP contribution is -2.15. The minimum absolute atomic E-state index is 0.0726. The SMILES string of the molecule is [2H]c1c([2H])c(C([2H])([2H])[2H])c([2H])c([2H])c1-n1c(=O)[nH]c2c(C(N)=O)nc(C)nc21. The number of hydrogen-bond acceptors (Lipinski definition) is 4. The van der Waals surface area contributed by atoms with Crippen LogP contribution in [0.1, 0.15) is 31.5 Å². The van der Waals surface area contributed by atoms with Crippen LogP contribution in [0.2, 0.25) is 0 Å². The average Bonchev–Trinajstić information content (AvgIpc) is 2.87. The van der Waals surface area contributed by atoms with Crippen LogP contribution in [0.5, 0.6) is 0 Å². The summed E-state index contributed by atoms with van der Waals surface area (Å²) in [6.07, 6.45) is 0. The molecule has 1 aromatic carbocycles. The van der Waals surface area contributed by atoms with Crippen LogP contribution >= 0.6 is 0 Å². The van der Waals surface area contributed by atoms with Gasteiger partial charge in [0.05, 0.1) is 11.2 Å². The second-order valence-corrected chi connectivity index (χ2v) is 4.17. The summed E-state index contributed by atoms with van der Waals surface area (Å²) in [4.78, 5) is 34.4. The van der Waals surface area contributed by atoms with E-state index in [0.717, 1.165) is 4.57 Å². The number of carbonyl (C=O) groups excluding carboxylic acids is 1. The van der Waals surface area contributed by atoms with E-state index in [-0.39, 0.29) is 22.7 Å². The molecule has 0 spiro atoms. The average molecular weight is 290 g/mol. The van der Waals surface area contributed by atoms with Crippen molar-refractivity contribution in [3.8, 4) is 5.69 Å². The van der Waals surface area contributed by atoms with E-state index < -0.39 is 53.9 Å². The highest BCUT2D eigenvalue weighted by atomic mass is 16.2. The number of carbonyl (C=O) groups is 1. The van der Waals surface area contributed by atoms with Crippen LogP contribution < -0.4 is 11.4 Å². The summed E-state index contributed by atoms with van der Waals surface area (Å²) >= 11 is 0. The highest BCUT2D eigenvalue weighted by Crippen LogP contribution is 2.16. The van der Waals surface area contributed by atoms with Crippen LogP contribution in [0.15, 0.2) is 29.0 Å². The van der Waals surface area contributed by atoms with Crippen LogP contribution in [0.25, 0.3) is 16.9 Å². The first kappa shape index (κ1) is 7.16. The van der Waals surface area contributed by atoms with Crippen molar-refractivity contribution in [2.45, 2.75) is 13.8 Å². The smallest absolute Gasteiger partial charge is 0.332 e. The third kappa shape index (κ3) is 2.08. The van der Waals surface area contributed by atoms with Gasteiger partial charge in [-0.25, -0.2) is 19.3 Å². The minimum Gasteiger partial charge on any atom is -0.364 e. The maximum atomic E-state index is 12.5. The first-order valence-corrected chi connectivity index (χ1v) is 5.76. The molecule has 0 fully saturated rings. The van der Waals surface area contributed by atoms with E-state index in [9.17, 15) is 9.59 Å². The Morgan fingerprint density at radius 3 is 2.71 bits per heavy atom. The molecule has 2 aromatic heterocycles. The Morgan fingerprint density at radius 1 is 1.38 bits per heavy atom. The van der Waals surface area contributed by atoms with Gasteiger partial charge in [-0.05, 0) is 25.9 Å². The van der Waals surface area contributed by atoms with Gasteiger partial charge in [0.25, 0.3) is 5.91 Å². The number of primary amides is 1. The molecule has 1 amide bonds. The number of nitrogens with zero attached hydrogens (tertiary/aromatic N) is 3. The van der Waals surface area contributed by atoms with Crippen LogP contribution in [-0.4, -0.2) is 25.4 Å². The molecule has 106 valence electrons. The van der Waals surface area contributed by atoms with Gasteiger partial charge in [-0.15, -0.1) is 0 Å². The Labute approximate surface area is 129 Å².